The van der Waals surface area contributed by atoms with Gasteiger partial charge in [-0.2, -0.15) is 0 Å². The van der Waals surface area contributed by atoms with Gasteiger partial charge in [-0.15, -0.1) is 0 Å². The number of para-hydroxylation sites is 1. The van der Waals surface area contributed by atoms with Crippen LogP contribution in [0.4, 0.5) is 0 Å². The number of carbonyl (C=O) groups excluding carboxylic acids is 3. The van der Waals surface area contributed by atoms with Gasteiger partial charge in [0.2, 0.25) is 0 Å². The van der Waals surface area contributed by atoms with Crippen LogP contribution in [0.25, 0.3) is 0 Å². The Balaban J connectivity index is 2.98. The van der Waals surface area contributed by atoms with Gasteiger partial charge in [-0.1, -0.05) is 25.5 Å². The minimum absolute atomic E-state index is 0.161. The van der Waals surface area contributed by atoms with Gasteiger partial charge in [0.1, 0.15) is 23.5 Å². The number of aldehydes is 1. The maximum atomic E-state index is 12.4. The molecule has 0 aliphatic heterocycles. The largest absolute Gasteiger partial charge is 0.478 e. The molecule has 0 radical (unpaired) electrons. The summed E-state index contributed by atoms with van der Waals surface area (Å²) in [6.07, 6.45) is 1.82. The Morgan fingerprint density at radius 3 is 2.48 bits per heavy atom. The summed E-state index contributed by atoms with van der Waals surface area (Å²) in [5.41, 5.74) is -0.470. The molecule has 0 aliphatic rings. The standard InChI is InChI=1S/C19H26O6/c1-5-6-10-16(18(22)25-19(2,3)4)24-15-11-8-7-9-14(15)17(21)23-13-12-20/h7-9,11-12,16H,5-6,10,13H2,1-4H3. The number of hydrogen-bond acceptors (Lipinski definition) is 6. The van der Waals surface area contributed by atoms with E-state index in [2.05, 4.69) is 0 Å². The molecule has 138 valence electrons. The lowest BCUT2D eigenvalue weighted by molar-refractivity contribution is -0.163. The summed E-state index contributed by atoms with van der Waals surface area (Å²) >= 11 is 0. The predicted octanol–water partition coefficient (Wildman–Crippen LogP) is 3.32. The summed E-state index contributed by atoms with van der Waals surface area (Å²) in [4.78, 5) is 34.8. The first-order chi connectivity index (χ1) is 11.8. The zero-order valence-electron chi connectivity index (χ0n) is 15.2. The fourth-order valence-corrected chi connectivity index (χ4v) is 2.06. The summed E-state index contributed by atoms with van der Waals surface area (Å²) in [7, 11) is 0. The van der Waals surface area contributed by atoms with Crippen LogP contribution in [0.15, 0.2) is 24.3 Å². The van der Waals surface area contributed by atoms with Crippen molar-refractivity contribution in [3.05, 3.63) is 29.8 Å². The van der Waals surface area contributed by atoms with Crippen molar-refractivity contribution in [2.24, 2.45) is 0 Å². The summed E-state index contributed by atoms with van der Waals surface area (Å²) < 4.78 is 16.0. The lowest BCUT2D eigenvalue weighted by atomic mass is 10.1. The molecule has 0 saturated carbocycles. The van der Waals surface area contributed by atoms with Crippen LogP contribution in [0, 0.1) is 0 Å². The molecule has 0 aliphatic carbocycles. The number of unbranched alkanes of at least 4 members (excludes halogenated alkanes) is 1. The van der Waals surface area contributed by atoms with Crippen molar-refractivity contribution in [2.45, 2.75) is 58.7 Å². The monoisotopic (exact) mass is 350 g/mol. The van der Waals surface area contributed by atoms with E-state index in [9.17, 15) is 14.4 Å². The SMILES string of the molecule is CCCCC(Oc1ccccc1C(=O)OCC=O)C(=O)OC(C)(C)C. The van der Waals surface area contributed by atoms with Gasteiger partial charge < -0.3 is 14.2 Å². The third-order valence-corrected chi connectivity index (χ3v) is 3.15. The number of hydrogen-bond donors (Lipinski definition) is 0. The van der Waals surface area contributed by atoms with E-state index in [1.54, 1.807) is 39.0 Å². The molecule has 0 amide bonds. The predicted molar refractivity (Wildman–Crippen MR) is 92.6 cm³/mol. The van der Waals surface area contributed by atoms with Gasteiger partial charge in [-0.3, -0.25) is 4.79 Å². The molecule has 1 aromatic carbocycles. The number of rotatable bonds is 9. The average molecular weight is 350 g/mol. The van der Waals surface area contributed by atoms with Crippen LogP contribution in [-0.4, -0.2) is 36.5 Å². The van der Waals surface area contributed by atoms with Crippen LogP contribution in [0.2, 0.25) is 0 Å². The number of ether oxygens (including phenoxy) is 3. The molecular weight excluding hydrogens is 324 g/mol. The molecule has 0 heterocycles. The molecule has 1 unspecified atom stereocenters. The van der Waals surface area contributed by atoms with Crippen LogP contribution in [0.5, 0.6) is 5.75 Å². The minimum atomic E-state index is -0.820. The third-order valence-electron chi connectivity index (χ3n) is 3.15. The molecule has 0 fully saturated rings. The Labute approximate surface area is 148 Å². The molecule has 6 heteroatoms. The smallest absolute Gasteiger partial charge is 0.347 e. The fourth-order valence-electron chi connectivity index (χ4n) is 2.06. The molecule has 1 atom stereocenters. The highest BCUT2D eigenvalue weighted by Crippen LogP contribution is 2.23. The van der Waals surface area contributed by atoms with Crippen molar-refractivity contribution < 1.29 is 28.6 Å². The first-order valence-electron chi connectivity index (χ1n) is 8.37. The van der Waals surface area contributed by atoms with Gasteiger partial charge in [0.25, 0.3) is 0 Å². The van der Waals surface area contributed by atoms with Crippen LogP contribution in [0.1, 0.15) is 57.3 Å². The van der Waals surface area contributed by atoms with Crippen LogP contribution in [-0.2, 0) is 19.1 Å². The van der Waals surface area contributed by atoms with Crippen LogP contribution < -0.4 is 4.74 Å². The Bertz CT molecular complexity index is 588. The molecule has 0 bridgehead atoms. The molecule has 1 rings (SSSR count). The van der Waals surface area contributed by atoms with Gasteiger partial charge in [0.15, 0.2) is 12.4 Å². The lowest BCUT2D eigenvalue weighted by Crippen LogP contribution is -2.35. The molecule has 6 nitrogen and oxygen atoms in total. The van der Waals surface area contributed by atoms with E-state index < -0.39 is 23.6 Å². The fraction of sp³-hybridized carbons (Fsp3) is 0.526. The third kappa shape index (κ3) is 7.37. The van der Waals surface area contributed by atoms with E-state index >= 15 is 0 Å². The number of esters is 2. The molecule has 1 aromatic rings. The van der Waals surface area contributed by atoms with Crippen molar-refractivity contribution in [3.8, 4) is 5.75 Å². The van der Waals surface area contributed by atoms with E-state index in [0.717, 1.165) is 12.8 Å². The molecule has 0 aromatic heterocycles. The summed E-state index contributed by atoms with van der Waals surface area (Å²) in [5.74, 6) is -0.927. The first kappa shape index (κ1) is 20.7. The quantitative estimate of drug-likeness (QED) is 0.502. The summed E-state index contributed by atoms with van der Waals surface area (Å²) in [6, 6.07) is 6.45. The van der Waals surface area contributed by atoms with Crippen LogP contribution >= 0.6 is 0 Å². The van der Waals surface area contributed by atoms with Crippen molar-refractivity contribution >= 4 is 18.2 Å². The van der Waals surface area contributed by atoms with Gasteiger partial charge in [0, 0.05) is 0 Å². The zero-order valence-corrected chi connectivity index (χ0v) is 15.2. The highest BCUT2D eigenvalue weighted by molar-refractivity contribution is 5.93. The van der Waals surface area contributed by atoms with Crippen molar-refractivity contribution in [3.63, 3.8) is 0 Å². The zero-order chi connectivity index (χ0) is 18.9. The molecule has 0 saturated heterocycles. The number of carbonyl (C=O) groups is 3. The maximum Gasteiger partial charge on any atom is 0.347 e. The topological polar surface area (TPSA) is 78.9 Å². The van der Waals surface area contributed by atoms with E-state index in [0.29, 0.717) is 12.7 Å². The Hall–Kier alpha value is -2.37. The van der Waals surface area contributed by atoms with E-state index in [4.69, 9.17) is 14.2 Å². The van der Waals surface area contributed by atoms with Gasteiger partial charge in [-0.05, 0) is 45.7 Å². The van der Waals surface area contributed by atoms with E-state index in [1.165, 1.54) is 6.07 Å². The van der Waals surface area contributed by atoms with Gasteiger partial charge in [0.05, 0.1) is 0 Å². The Morgan fingerprint density at radius 2 is 1.88 bits per heavy atom. The van der Waals surface area contributed by atoms with E-state index in [-0.39, 0.29) is 17.9 Å². The average Bonchev–Trinajstić information content (AvgIpc) is 2.55. The second kappa shape index (κ2) is 9.81. The Morgan fingerprint density at radius 1 is 1.20 bits per heavy atom. The number of benzene rings is 1. The van der Waals surface area contributed by atoms with E-state index in [1.807, 2.05) is 6.92 Å². The lowest BCUT2D eigenvalue weighted by Gasteiger charge is -2.25. The maximum absolute atomic E-state index is 12.4. The second-order valence-corrected chi connectivity index (χ2v) is 6.54. The molecule has 0 N–H and O–H groups in total. The highest BCUT2D eigenvalue weighted by atomic mass is 16.6. The van der Waals surface area contributed by atoms with Crippen molar-refractivity contribution in [2.75, 3.05) is 6.61 Å². The van der Waals surface area contributed by atoms with Crippen molar-refractivity contribution in [1.29, 1.82) is 0 Å². The van der Waals surface area contributed by atoms with Crippen molar-refractivity contribution in [1.82, 2.24) is 0 Å². The second-order valence-electron chi connectivity index (χ2n) is 6.54. The molecule has 25 heavy (non-hydrogen) atoms. The van der Waals surface area contributed by atoms with Gasteiger partial charge in [-0.25, -0.2) is 9.59 Å². The Kier molecular flexibility index (Phi) is 8.11. The summed E-state index contributed by atoms with van der Waals surface area (Å²) in [6.45, 7) is 7.03. The highest BCUT2D eigenvalue weighted by Gasteiger charge is 2.28. The first-order valence-corrected chi connectivity index (χ1v) is 8.37. The van der Waals surface area contributed by atoms with Gasteiger partial charge >= 0.3 is 11.9 Å². The minimum Gasteiger partial charge on any atom is -0.478 e. The summed E-state index contributed by atoms with van der Waals surface area (Å²) in [5, 5.41) is 0. The molecular formula is C19H26O6. The molecule has 0 spiro atoms. The normalized spacial score (nSPS) is 12.2. The van der Waals surface area contributed by atoms with Crippen LogP contribution in [0.3, 0.4) is 0 Å².